The van der Waals surface area contributed by atoms with Crippen LogP contribution in [0.3, 0.4) is 0 Å². The number of carbonyl (C=O) groups excluding carboxylic acids is 1. The van der Waals surface area contributed by atoms with Crippen LogP contribution < -0.4 is 10.6 Å². The molecule has 0 saturated carbocycles. The molecule has 1 amide bonds. The summed E-state index contributed by atoms with van der Waals surface area (Å²) < 4.78 is 0. The summed E-state index contributed by atoms with van der Waals surface area (Å²) in [6, 6.07) is 7.34. The first-order valence-electron chi connectivity index (χ1n) is 4.78. The van der Waals surface area contributed by atoms with E-state index in [0.29, 0.717) is 5.56 Å². The molecule has 3 nitrogen and oxygen atoms in total. The van der Waals surface area contributed by atoms with E-state index in [4.69, 9.17) is 5.73 Å². The first kappa shape index (κ1) is 9.52. The normalized spacial score (nSPS) is 14.3. The Morgan fingerprint density at radius 3 is 2.73 bits per heavy atom. The molecule has 15 heavy (non-hydrogen) atoms. The molecule has 1 aliphatic heterocycles. The van der Waals surface area contributed by atoms with Crippen molar-refractivity contribution in [2.75, 3.05) is 11.4 Å². The van der Waals surface area contributed by atoms with E-state index in [2.05, 4.69) is 0 Å². The van der Waals surface area contributed by atoms with Gasteiger partial charge >= 0.3 is 0 Å². The number of hydrogen-bond acceptors (Lipinski definition) is 2. The van der Waals surface area contributed by atoms with Crippen molar-refractivity contribution in [3.8, 4) is 0 Å². The van der Waals surface area contributed by atoms with Crippen LogP contribution in [-0.4, -0.2) is 12.5 Å². The number of nitrogens with zero attached hydrogens (tertiary/aromatic N) is 1. The summed E-state index contributed by atoms with van der Waals surface area (Å²) in [5.41, 5.74) is 6.72. The molecular weight excluding hydrogens is 188 g/mol. The molecule has 0 saturated heterocycles. The van der Waals surface area contributed by atoms with Crippen LogP contribution >= 0.6 is 0 Å². The third-order valence-corrected chi connectivity index (χ3v) is 2.29. The number of hydrogen-bond donors (Lipinski definition) is 1. The fraction of sp³-hybridized carbons (Fsp3) is 0.0833. The van der Waals surface area contributed by atoms with Gasteiger partial charge in [0, 0.05) is 12.7 Å². The van der Waals surface area contributed by atoms with Crippen LogP contribution in [-0.2, 0) is 0 Å². The molecule has 1 aromatic rings. The zero-order chi connectivity index (χ0) is 10.7. The van der Waals surface area contributed by atoms with Crippen LogP contribution in [0.25, 0.3) is 0 Å². The molecular formula is C12H12N2O. The maximum absolute atomic E-state index is 11.2. The lowest BCUT2D eigenvalue weighted by atomic mass is 10.1. The van der Waals surface area contributed by atoms with E-state index in [-0.39, 0.29) is 0 Å². The van der Waals surface area contributed by atoms with Crippen LogP contribution in [0.5, 0.6) is 0 Å². The smallest absolute Gasteiger partial charge is 0.250 e. The van der Waals surface area contributed by atoms with Gasteiger partial charge in [0.1, 0.15) is 0 Å². The Labute approximate surface area is 88.5 Å². The largest absolute Gasteiger partial charge is 0.366 e. The van der Waals surface area contributed by atoms with Gasteiger partial charge in [0.2, 0.25) is 0 Å². The summed E-state index contributed by atoms with van der Waals surface area (Å²) in [7, 11) is 0. The first-order valence-corrected chi connectivity index (χ1v) is 4.78. The minimum absolute atomic E-state index is 0.395. The molecule has 0 aromatic heterocycles. The van der Waals surface area contributed by atoms with Crippen molar-refractivity contribution >= 4 is 11.6 Å². The van der Waals surface area contributed by atoms with Gasteiger partial charge in [-0.15, -0.1) is 0 Å². The van der Waals surface area contributed by atoms with Gasteiger partial charge < -0.3 is 10.6 Å². The lowest BCUT2D eigenvalue weighted by molar-refractivity contribution is 0.100. The van der Waals surface area contributed by atoms with E-state index >= 15 is 0 Å². The zero-order valence-corrected chi connectivity index (χ0v) is 8.26. The highest BCUT2D eigenvalue weighted by Crippen LogP contribution is 2.21. The summed E-state index contributed by atoms with van der Waals surface area (Å²) >= 11 is 0. The number of para-hydroxylation sites is 1. The van der Waals surface area contributed by atoms with Crippen molar-refractivity contribution in [1.82, 2.24) is 0 Å². The van der Waals surface area contributed by atoms with E-state index in [1.807, 2.05) is 47.5 Å². The van der Waals surface area contributed by atoms with Crippen LogP contribution in [0, 0.1) is 0 Å². The molecule has 2 rings (SSSR count). The number of amides is 1. The molecule has 1 heterocycles. The van der Waals surface area contributed by atoms with Crippen LogP contribution in [0.1, 0.15) is 10.4 Å². The summed E-state index contributed by atoms with van der Waals surface area (Å²) in [6.07, 6.45) is 7.87. The fourth-order valence-electron chi connectivity index (χ4n) is 1.58. The minimum atomic E-state index is -0.395. The number of nitrogens with two attached hydrogens (primary N) is 1. The van der Waals surface area contributed by atoms with E-state index in [1.54, 1.807) is 6.07 Å². The van der Waals surface area contributed by atoms with Crippen LogP contribution in [0.4, 0.5) is 5.69 Å². The second-order valence-corrected chi connectivity index (χ2v) is 3.30. The average Bonchev–Trinajstić information content (AvgIpc) is 2.30. The topological polar surface area (TPSA) is 46.3 Å². The van der Waals surface area contributed by atoms with Crippen molar-refractivity contribution < 1.29 is 4.79 Å². The number of benzene rings is 1. The third-order valence-electron chi connectivity index (χ3n) is 2.29. The summed E-state index contributed by atoms with van der Waals surface area (Å²) in [6.45, 7) is 0.765. The van der Waals surface area contributed by atoms with Crippen molar-refractivity contribution in [3.63, 3.8) is 0 Å². The second-order valence-electron chi connectivity index (χ2n) is 3.30. The Morgan fingerprint density at radius 2 is 2.07 bits per heavy atom. The Bertz CT molecular complexity index is 435. The number of allylic oxidation sites excluding steroid dienone is 2. The highest BCUT2D eigenvalue weighted by molar-refractivity contribution is 5.98. The average molecular weight is 200 g/mol. The zero-order valence-electron chi connectivity index (χ0n) is 8.26. The van der Waals surface area contributed by atoms with Crippen molar-refractivity contribution in [2.24, 2.45) is 5.73 Å². The van der Waals surface area contributed by atoms with Gasteiger partial charge in [-0.2, -0.15) is 0 Å². The quantitative estimate of drug-likeness (QED) is 0.789. The van der Waals surface area contributed by atoms with Gasteiger partial charge in [-0.1, -0.05) is 24.3 Å². The fourth-order valence-corrected chi connectivity index (χ4v) is 1.58. The van der Waals surface area contributed by atoms with Crippen molar-refractivity contribution in [3.05, 3.63) is 54.3 Å². The first-order chi connectivity index (χ1) is 7.29. The van der Waals surface area contributed by atoms with Crippen LogP contribution in [0.2, 0.25) is 0 Å². The van der Waals surface area contributed by atoms with Gasteiger partial charge in [0.25, 0.3) is 5.91 Å². The standard InChI is InChI=1S/C12H12N2O/c13-12(15)10-6-2-3-7-11(10)14-8-4-1-5-9-14/h1-8H,9H2,(H2,13,15). The number of carbonyl (C=O) groups is 1. The SMILES string of the molecule is NC(=O)c1ccccc1N1C=CC=CC1. The molecule has 0 atom stereocenters. The number of primary amides is 1. The lowest BCUT2D eigenvalue weighted by Crippen LogP contribution is -2.22. The van der Waals surface area contributed by atoms with Crippen molar-refractivity contribution in [1.29, 1.82) is 0 Å². The molecule has 0 fully saturated rings. The van der Waals surface area contributed by atoms with E-state index in [9.17, 15) is 4.79 Å². The third kappa shape index (κ3) is 1.91. The maximum Gasteiger partial charge on any atom is 0.250 e. The van der Waals surface area contributed by atoms with Crippen molar-refractivity contribution in [2.45, 2.75) is 0 Å². The summed E-state index contributed by atoms with van der Waals surface area (Å²) in [5, 5.41) is 0. The second kappa shape index (κ2) is 4.00. The number of anilines is 1. The van der Waals surface area contributed by atoms with Gasteiger partial charge in [0.05, 0.1) is 11.3 Å². The Morgan fingerprint density at radius 1 is 1.27 bits per heavy atom. The minimum Gasteiger partial charge on any atom is -0.366 e. The molecule has 0 spiro atoms. The predicted molar refractivity (Wildman–Crippen MR) is 60.6 cm³/mol. The lowest BCUT2D eigenvalue weighted by Gasteiger charge is -2.22. The van der Waals surface area contributed by atoms with Gasteiger partial charge in [0.15, 0.2) is 0 Å². The Hall–Kier alpha value is -2.03. The molecule has 3 heteroatoms. The highest BCUT2D eigenvalue weighted by Gasteiger charge is 2.11. The van der Waals surface area contributed by atoms with Gasteiger partial charge in [-0.05, 0) is 18.2 Å². The Kier molecular flexibility index (Phi) is 2.54. The maximum atomic E-state index is 11.2. The molecule has 0 bridgehead atoms. The Balaban J connectivity index is 2.39. The molecule has 0 aliphatic carbocycles. The van der Waals surface area contributed by atoms with Crippen LogP contribution in [0.15, 0.2) is 48.7 Å². The summed E-state index contributed by atoms with van der Waals surface area (Å²) in [5.74, 6) is -0.395. The predicted octanol–water partition coefficient (Wildman–Crippen LogP) is 1.68. The number of rotatable bonds is 2. The van der Waals surface area contributed by atoms with E-state index < -0.39 is 5.91 Å². The molecule has 0 radical (unpaired) electrons. The van der Waals surface area contributed by atoms with E-state index in [0.717, 1.165) is 12.2 Å². The molecule has 2 N–H and O–H groups in total. The highest BCUT2D eigenvalue weighted by atomic mass is 16.1. The summed E-state index contributed by atoms with van der Waals surface area (Å²) in [4.78, 5) is 13.2. The molecule has 76 valence electrons. The van der Waals surface area contributed by atoms with Gasteiger partial charge in [-0.3, -0.25) is 4.79 Å². The molecule has 1 aromatic carbocycles. The monoisotopic (exact) mass is 200 g/mol. The van der Waals surface area contributed by atoms with E-state index in [1.165, 1.54) is 0 Å². The molecule has 0 unspecified atom stereocenters. The molecule has 1 aliphatic rings. The van der Waals surface area contributed by atoms with Gasteiger partial charge in [-0.25, -0.2) is 0 Å².